The van der Waals surface area contributed by atoms with Gasteiger partial charge in [-0.3, -0.25) is 0 Å². The molecule has 4 rings (SSSR count). The largest absolute Gasteiger partial charge is 0.460 e. The van der Waals surface area contributed by atoms with E-state index < -0.39 is 5.97 Å². The molecule has 12 nitrogen and oxygen atoms in total. The van der Waals surface area contributed by atoms with Gasteiger partial charge in [0.15, 0.2) is 11.6 Å². The molecule has 0 amide bonds. The third-order valence-corrected chi connectivity index (χ3v) is 6.57. The van der Waals surface area contributed by atoms with E-state index in [2.05, 4.69) is 60.7 Å². The molecule has 0 fully saturated rings. The van der Waals surface area contributed by atoms with Crippen molar-refractivity contribution in [2.45, 2.75) is 40.7 Å². The highest BCUT2D eigenvalue weighted by Gasteiger charge is 2.20. The number of nitrogens with zero attached hydrogens (tertiary/aromatic N) is 8. The molecular formula is C27H28N10O2S. The lowest BCUT2D eigenvalue weighted by Crippen LogP contribution is -2.24. The van der Waals surface area contributed by atoms with Crippen LogP contribution < -0.4 is 10.6 Å². The van der Waals surface area contributed by atoms with Crippen LogP contribution in [-0.4, -0.2) is 43.4 Å². The van der Waals surface area contributed by atoms with Gasteiger partial charge in [-0.1, -0.05) is 24.3 Å². The number of azo groups is 1. The van der Waals surface area contributed by atoms with Crippen molar-refractivity contribution in [3.05, 3.63) is 70.5 Å². The van der Waals surface area contributed by atoms with Crippen LogP contribution in [0.15, 0.2) is 52.9 Å². The number of thiazole rings is 1. The van der Waals surface area contributed by atoms with Gasteiger partial charge in [0.25, 0.3) is 5.95 Å². The quantitative estimate of drug-likeness (QED) is 0.138. The molecule has 0 radical (unpaired) electrons. The van der Waals surface area contributed by atoms with E-state index in [1.165, 1.54) is 22.3 Å². The number of esters is 1. The van der Waals surface area contributed by atoms with E-state index in [0.717, 1.165) is 28.5 Å². The standard InChI is InChI=1S/C27H28N10O2S/c1-7-21(38)39-13-18(5)31-25-23(34-35-26-30-14-37(36-26)27-29-8-9-40-27)19(6)20(12-28)24(33-25)32-22-16(3)10-15(2)11-17(22)4/h7-11,14,18H,1,13H2,2-6H3,(H2,31,32,33). The maximum absolute atomic E-state index is 11.6. The molecule has 40 heavy (non-hydrogen) atoms. The van der Waals surface area contributed by atoms with Crippen molar-refractivity contribution in [1.29, 1.82) is 5.26 Å². The second-order valence-electron chi connectivity index (χ2n) is 9.05. The van der Waals surface area contributed by atoms with E-state index in [1.807, 2.05) is 33.1 Å². The third kappa shape index (κ3) is 6.36. The fourth-order valence-electron chi connectivity index (χ4n) is 4.00. The van der Waals surface area contributed by atoms with Crippen LogP contribution in [0.5, 0.6) is 0 Å². The summed E-state index contributed by atoms with van der Waals surface area (Å²) in [5.41, 5.74) is 5.22. The predicted molar refractivity (Wildman–Crippen MR) is 153 cm³/mol. The molecule has 0 spiro atoms. The minimum Gasteiger partial charge on any atom is -0.460 e. The van der Waals surface area contributed by atoms with Crippen molar-refractivity contribution in [1.82, 2.24) is 24.7 Å². The molecular weight excluding hydrogens is 528 g/mol. The number of aryl methyl sites for hydroxylation is 3. The summed E-state index contributed by atoms with van der Waals surface area (Å²) in [6, 6.07) is 6.01. The number of carbonyl (C=O) groups is 1. The summed E-state index contributed by atoms with van der Waals surface area (Å²) in [5.74, 6) is 0.275. The maximum Gasteiger partial charge on any atom is 0.330 e. The first kappa shape index (κ1) is 28.1. The lowest BCUT2D eigenvalue weighted by atomic mass is 10.0. The number of carbonyl (C=O) groups excluding carboxylic acids is 1. The van der Waals surface area contributed by atoms with Gasteiger partial charge in [0, 0.05) is 28.9 Å². The number of pyridine rings is 1. The Labute approximate surface area is 235 Å². The molecule has 1 unspecified atom stereocenters. The van der Waals surface area contributed by atoms with Gasteiger partial charge in [-0.15, -0.1) is 26.7 Å². The fraction of sp³-hybridized carbons (Fsp3) is 0.259. The zero-order valence-corrected chi connectivity index (χ0v) is 23.6. The summed E-state index contributed by atoms with van der Waals surface area (Å²) in [6.07, 6.45) is 4.26. The van der Waals surface area contributed by atoms with Crippen LogP contribution in [0.1, 0.15) is 34.7 Å². The predicted octanol–water partition coefficient (Wildman–Crippen LogP) is 5.91. The van der Waals surface area contributed by atoms with Crippen LogP contribution in [0.3, 0.4) is 0 Å². The van der Waals surface area contributed by atoms with Crippen molar-refractivity contribution < 1.29 is 9.53 Å². The van der Waals surface area contributed by atoms with Crippen LogP contribution in [0.4, 0.5) is 29.0 Å². The molecule has 0 bridgehead atoms. The molecule has 0 aliphatic carbocycles. The van der Waals surface area contributed by atoms with Crippen LogP contribution >= 0.6 is 11.3 Å². The molecule has 204 valence electrons. The van der Waals surface area contributed by atoms with Crippen LogP contribution in [0, 0.1) is 39.0 Å². The van der Waals surface area contributed by atoms with Crippen molar-refractivity contribution in [3.63, 3.8) is 0 Å². The molecule has 13 heteroatoms. The molecule has 3 heterocycles. The monoisotopic (exact) mass is 556 g/mol. The molecule has 0 saturated carbocycles. The maximum atomic E-state index is 11.6. The number of nitriles is 1. The van der Waals surface area contributed by atoms with Crippen LogP contribution in [-0.2, 0) is 9.53 Å². The van der Waals surface area contributed by atoms with Crippen molar-refractivity contribution in [2.24, 2.45) is 10.2 Å². The Morgan fingerprint density at radius 3 is 2.62 bits per heavy atom. The second kappa shape index (κ2) is 12.3. The molecule has 1 aromatic carbocycles. The zero-order chi connectivity index (χ0) is 28.8. The Bertz CT molecular complexity index is 1600. The van der Waals surface area contributed by atoms with Crippen molar-refractivity contribution >= 4 is 46.3 Å². The van der Waals surface area contributed by atoms with E-state index in [9.17, 15) is 10.1 Å². The molecule has 2 N–H and O–H groups in total. The van der Waals surface area contributed by atoms with E-state index in [1.54, 1.807) is 13.1 Å². The van der Waals surface area contributed by atoms with E-state index in [0.29, 0.717) is 33.6 Å². The molecule has 0 saturated heterocycles. The summed E-state index contributed by atoms with van der Waals surface area (Å²) in [6.45, 7) is 13.1. The molecule has 3 aromatic heterocycles. The highest BCUT2D eigenvalue weighted by molar-refractivity contribution is 7.12. The number of rotatable bonds is 10. The summed E-state index contributed by atoms with van der Waals surface area (Å²) in [4.78, 5) is 24.7. The Kier molecular flexibility index (Phi) is 8.60. The molecule has 1 atom stereocenters. The van der Waals surface area contributed by atoms with Gasteiger partial charge in [-0.05, 0) is 45.7 Å². The average Bonchev–Trinajstić information content (AvgIpc) is 3.61. The van der Waals surface area contributed by atoms with Crippen molar-refractivity contribution in [3.8, 4) is 11.2 Å². The van der Waals surface area contributed by atoms with Gasteiger partial charge >= 0.3 is 5.97 Å². The second-order valence-corrected chi connectivity index (χ2v) is 9.92. The van der Waals surface area contributed by atoms with Gasteiger partial charge in [-0.2, -0.15) is 14.9 Å². The van der Waals surface area contributed by atoms with Gasteiger partial charge in [-0.25, -0.2) is 14.8 Å². The average molecular weight is 557 g/mol. The van der Waals surface area contributed by atoms with Gasteiger partial charge < -0.3 is 15.4 Å². The number of hydrogen-bond donors (Lipinski definition) is 2. The summed E-state index contributed by atoms with van der Waals surface area (Å²) < 4.78 is 6.68. The van der Waals surface area contributed by atoms with Crippen LogP contribution in [0.25, 0.3) is 5.13 Å². The lowest BCUT2D eigenvalue weighted by molar-refractivity contribution is -0.137. The lowest BCUT2D eigenvalue weighted by Gasteiger charge is -2.20. The zero-order valence-electron chi connectivity index (χ0n) is 22.8. The molecule has 0 aliphatic heterocycles. The van der Waals surface area contributed by atoms with E-state index >= 15 is 0 Å². The number of ether oxygens (including phenoxy) is 1. The van der Waals surface area contributed by atoms with E-state index in [4.69, 9.17) is 9.72 Å². The molecule has 0 aliphatic rings. The minimum absolute atomic E-state index is 0.0564. The Balaban J connectivity index is 1.74. The number of benzene rings is 1. The van der Waals surface area contributed by atoms with E-state index in [-0.39, 0.29) is 18.6 Å². The summed E-state index contributed by atoms with van der Waals surface area (Å²) in [5, 5.41) is 32.0. The number of anilines is 3. The highest BCUT2D eigenvalue weighted by Crippen LogP contribution is 2.37. The smallest absolute Gasteiger partial charge is 0.330 e. The Hall–Kier alpha value is -4.96. The van der Waals surface area contributed by atoms with Crippen molar-refractivity contribution in [2.75, 3.05) is 17.2 Å². The minimum atomic E-state index is -0.535. The first-order valence-corrected chi connectivity index (χ1v) is 13.2. The Morgan fingerprint density at radius 1 is 1.23 bits per heavy atom. The van der Waals surface area contributed by atoms with Gasteiger partial charge in [0.2, 0.25) is 5.13 Å². The van der Waals surface area contributed by atoms with Crippen LogP contribution in [0.2, 0.25) is 0 Å². The number of aromatic nitrogens is 5. The number of hydrogen-bond acceptors (Lipinski definition) is 12. The highest BCUT2D eigenvalue weighted by atomic mass is 32.1. The number of nitrogens with one attached hydrogen (secondary N) is 2. The topological polar surface area (TPSA) is 155 Å². The summed E-state index contributed by atoms with van der Waals surface area (Å²) in [7, 11) is 0. The fourth-order valence-corrected chi connectivity index (χ4v) is 4.56. The van der Waals surface area contributed by atoms with Gasteiger partial charge in [0.05, 0.1) is 11.6 Å². The first-order chi connectivity index (χ1) is 19.2. The SMILES string of the molecule is C=CC(=O)OCC(C)Nc1nc(Nc2c(C)cc(C)cc2C)c(C#N)c(C)c1N=Nc1ncn(-c2nccs2)n1. The molecule has 4 aromatic rings. The Morgan fingerprint density at radius 2 is 1.98 bits per heavy atom. The summed E-state index contributed by atoms with van der Waals surface area (Å²) >= 11 is 1.41. The normalized spacial score (nSPS) is 11.7. The third-order valence-electron chi connectivity index (χ3n) is 5.81. The first-order valence-electron chi connectivity index (χ1n) is 12.3. The van der Waals surface area contributed by atoms with Gasteiger partial charge in [0.1, 0.15) is 24.7 Å².